The molecule has 96 valence electrons. The Kier molecular flexibility index (Phi) is 1600. The minimum absolute atomic E-state index is 0. The first-order valence-electron chi connectivity index (χ1n) is 5.91. The van der Waals surface area contributed by atoms with Crippen molar-refractivity contribution in [1.29, 1.82) is 0 Å². The van der Waals surface area contributed by atoms with Crippen LogP contribution >= 0.6 is 0 Å². The summed E-state index contributed by atoms with van der Waals surface area (Å²) in [5.41, 5.74) is 4.50. The van der Waals surface area contributed by atoms with E-state index in [9.17, 15) is 0 Å². The van der Waals surface area contributed by atoms with E-state index in [0.29, 0.717) is 0 Å². The fourth-order valence-electron chi connectivity index (χ4n) is 0. The van der Waals surface area contributed by atoms with E-state index in [1.807, 2.05) is 27.7 Å². The van der Waals surface area contributed by atoms with Crippen LogP contribution in [0.25, 0.3) is 0 Å². The Balaban J connectivity index is -0.0000000103. The molecule has 0 saturated heterocycles. The summed E-state index contributed by atoms with van der Waals surface area (Å²) in [5, 5.41) is 0. The summed E-state index contributed by atoms with van der Waals surface area (Å²) < 4.78 is 0. The Bertz CT molecular complexity index is 18.0. The quantitative estimate of drug-likeness (QED) is 0.523. The lowest BCUT2D eigenvalue weighted by Crippen LogP contribution is -1.69. The molecule has 0 bridgehead atoms. The zero-order chi connectivity index (χ0) is 13.4. The lowest BCUT2D eigenvalue weighted by atomic mass is 10.6. The average Bonchev–Trinajstić information content (AvgIpc) is 2.31. The van der Waals surface area contributed by atoms with E-state index in [0.717, 1.165) is 0 Å². The summed E-state index contributed by atoms with van der Waals surface area (Å²) in [6.45, 7) is 22.5. The molecule has 0 aromatic heterocycles. The van der Waals surface area contributed by atoms with Gasteiger partial charge in [0.2, 0.25) is 0 Å². The van der Waals surface area contributed by atoms with E-state index in [-0.39, 0.29) is 1.43 Å². The van der Waals surface area contributed by atoms with Gasteiger partial charge in [-0.1, -0.05) is 68.2 Å². The zero-order valence-corrected chi connectivity index (χ0v) is 12.4. The molecule has 0 radical (unpaired) electrons. The molecule has 0 aliphatic carbocycles. The van der Waals surface area contributed by atoms with E-state index in [4.69, 9.17) is 0 Å². The summed E-state index contributed by atoms with van der Waals surface area (Å²) in [4.78, 5) is 0. The highest BCUT2D eigenvalue weighted by molar-refractivity contribution is 4.22. The smallest absolute Gasteiger partial charge is 0 e. The fraction of sp³-hybridized carbons (Fsp3) is 0.846. The molecule has 0 rings (SSSR count). The molecule has 0 heterocycles. The maximum atomic E-state index is 4.50. The van der Waals surface area contributed by atoms with E-state index < -0.39 is 0 Å². The van der Waals surface area contributed by atoms with Gasteiger partial charge in [0.05, 0.1) is 0 Å². The predicted octanol–water partition coefficient (Wildman–Crippen LogP) is 5.51. The summed E-state index contributed by atoms with van der Waals surface area (Å²) in [6.07, 6.45) is 2.50. The lowest BCUT2D eigenvalue weighted by molar-refractivity contribution is 1.09. The molecule has 0 aliphatic rings. The number of nitrogens with two attached hydrogens (primary N) is 1. The van der Waals surface area contributed by atoms with Crippen molar-refractivity contribution >= 4 is 0 Å². The van der Waals surface area contributed by atoms with Crippen LogP contribution in [0.15, 0.2) is 13.2 Å². The van der Waals surface area contributed by atoms with Gasteiger partial charge in [0.25, 0.3) is 0 Å². The maximum absolute atomic E-state index is 4.50. The normalized spacial score (nSPS) is 4.14. The van der Waals surface area contributed by atoms with Gasteiger partial charge in [0.15, 0.2) is 0 Å². The molecule has 0 spiro atoms. The molecule has 1 heteroatoms. The van der Waals surface area contributed by atoms with Gasteiger partial charge < -0.3 is 5.73 Å². The molecule has 0 aliphatic heterocycles. The highest BCUT2D eigenvalue weighted by Crippen LogP contribution is 1.56. The second-order valence-corrected chi connectivity index (χ2v) is 1.41. The molecule has 0 fully saturated rings. The third-order valence-corrected chi connectivity index (χ3v) is 0. The third kappa shape index (κ3) is 14900. The van der Waals surface area contributed by atoms with Crippen LogP contribution in [0.1, 0.15) is 69.7 Å². The van der Waals surface area contributed by atoms with Gasteiger partial charge in [0, 0.05) is 1.43 Å². The van der Waals surface area contributed by atoms with Crippen LogP contribution in [0.2, 0.25) is 0 Å². The number of hydrogen-bond donors (Lipinski definition) is 1. The first kappa shape index (κ1) is 37.3. The van der Waals surface area contributed by atoms with Gasteiger partial charge in [-0.05, 0) is 7.05 Å². The van der Waals surface area contributed by atoms with Gasteiger partial charge >= 0.3 is 0 Å². The van der Waals surface area contributed by atoms with Crippen molar-refractivity contribution in [3.8, 4) is 0 Å². The Morgan fingerprint density at radius 1 is 0.714 bits per heavy atom. The van der Waals surface area contributed by atoms with Crippen molar-refractivity contribution in [3.63, 3.8) is 0 Å². The van der Waals surface area contributed by atoms with Crippen molar-refractivity contribution in [3.05, 3.63) is 13.2 Å². The standard InChI is InChI=1S/2C3H8.2C2H6.C2H4.CH5N.H2/c2*1-3-2;4*1-2;/h2*3H2,1-2H3;2*1-2H3;1-2H2;2H2,1H3;1H. The lowest BCUT2D eigenvalue weighted by Gasteiger charge is -1.48. The van der Waals surface area contributed by atoms with E-state index in [1.165, 1.54) is 19.9 Å². The largest absolute Gasteiger partial charge is 0.333 e. The first-order valence-corrected chi connectivity index (χ1v) is 5.91. The van der Waals surface area contributed by atoms with Crippen molar-refractivity contribution in [2.45, 2.75) is 68.2 Å². The van der Waals surface area contributed by atoms with Gasteiger partial charge in [-0.2, -0.15) is 0 Å². The summed E-state index contributed by atoms with van der Waals surface area (Å²) >= 11 is 0. The van der Waals surface area contributed by atoms with Gasteiger partial charge in [-0.25, -0.2) is 0 Å². The summed E-state index contributed by atoms with van der Waals surface area (Å²) in [7, 11) is 1.50. The number of hydrogen-bond acceptors (Lipinski definition) is 1. The predicted molar refractivity (Wildman–Crippen MR) is 78.1 cm³/mol. The fourth-order valence-corrected chi connectivity index (χ4v) is 0. The van der Waals surface area contributed by atoms with Crippen LogP contribution in [0.5, 0.6) is 0 Å². The molecule has 0 amide bonds. The molecule has 0 aromatic carbocycles. The van der Waals surface area contributed by atoms with Crippen molar-refractivity contribution in [1.82, 2.24) is 0 Å². The second kappa shape index (κ2) is 602. The minimum atomic E-state index is 0. The first-order chi connectivity index (χ1) is 6.83. The monoisotopic (exact) mass is 209 g/mol. The Hall–Kier alpha value is -0.300. The van der Waals surface area contributed by atoms with E-state index in [2.05, 4.69) is 46.6 Å². The molecule has 1 nitrogen and oxygen atoms in total. The molecule has 0 unspecified atom stereocenters. The van der Waals surface area contributed by atoms with Crippen LogP contribution in [-0.4, -0.2) is 7.05 Å². The Labute approximate surface area is 96.3 Å². The summed E-state index contributed by atoms with van der Waals surface area (Å²) in [5.74, 6) is 0. The topological polar surface area (TPSA) is 26.0 Å². The van der Waals surface area contributed by atoms with Crippen LogP contribution in [0, 0.1) is 0 Å². The Morgan fingerprint density at radius 3 is 0.714 bits per heavy atom. The van der Waals surface area contributed by atoms with Gasteiger partial charge in [-0.15, -0.1) is 13.2 Å². The molecule has 0 saturated carbocycles. The molecular weight excluding hydrogens is 170 g/mol. The maximum Gasteiger partial charge on any atom is 0 e. The second-order valence-electron chi connectivity index (χ2n) is 1.41. The molecule has 14 heavy (non-hydrogen) atoms. The average molecular weight is 209 g/mol. The van der Waals surface area contributed by atoms with E-state index in [1.54, 1.807) is 0 Å². The zero-order valence-electron chi connectivity index (χ0n) is 12.4. The molecular formula is C13H39N. The third-order valence-electron chi connectivity index (χ3n) is 0. The van der Waals surface area contributed by atoms with Crippen LogP contribution < -0.4 is 5.73 Å². The molecule has 2 N–H and O–H groups in total. The highest BCUT2D eigenvalue weighted by atomic mass is 14.4. The number of rotatable bonds is 0. The van der Waals surface area contributed by atoms with E-state index >= 15 is 0 Å². The summed E-state index contributed by atoms with van der Waals surface area (Å²) in [6, 6.07) is 0. The van der Waals surface area contributed by atoms with Crippen molar-refractivity contribution < 1.29 is 1.43 Å². The van der Waals surface area contributed by atoms with Crippen LogP contribution in [0.3, 0.4) is 0 Å². The molecule has 0 atom stereocenters. The van der Waals surface area contributed by atoms with Gasteiger partial charge in [0.1, 0.15) is 0 Å². The van der Waals surface area contributed by atoms with Crippen molar-refractivity contribution in [2.24, 2.45) is 5.73 Å². The molecule has 0 aromatic rings. The SMILES string of the molecule is C=C.CC.CC.CCC.CCC.CN.[HH]. The van der Waals surface area contributed by atoms with Crippen molar-refractivity contribution in [2.75, 3.05) is 7.05 Å². The minimum Gasteiger partial charge on any atom is -0.333 e. The Morgan fingerprint density at radius 2 is 0.714 bits per heavy atom. The van der Waals surface area contributed by atoms with Crippen LogP contribution in [-0.2, 0) is 0 Å². The van der Waals surface area contributed by atoms with Gasteiger partial charge in [-0.3, -0.25) is 0 Å². The highest BCUT2D eigenvalue weighted by Gasteiger charge is 1.36. The van der Waals surface area contributed by atoms with Crippen LogP contribution in [0.4, 0.5) is 0 Å².